The Morgan fingerprint density at radius 1 is 1.00 bits per heavy atom. The SMILES string of the molecule is CS(=O)(=O)N(Cc1ccc(F)cc1)c1ccc(C(=O)NCCN2CCCCCC2)cc1. The van der Waals surface area contributed by atoms with Gasteiger partial charge in [0.25, 0.3) is 5.91 Å². The van der Waals surface area contributed by atoms with E-state index >= 15 is 0 Å². The highest BCUT2D eigenvalue weighted by atomic mass is 32.2. The maximum absolute atomic E-state index is 13.1. The van der Waals surface area contributed by atoms with E-state index < -0.39 is 10.0 Å². The second kappa shape index (κ2) is 10.7. The van der Waals surface area contributed by atoms with Crippen LogP contribution in [0.1, 0.15) is 41.6 Å². The van der Waals surface area contributed by atoms with Gasteiger partial charge < -0.3 is 10.2 Å². The number of rotatable bonds is 8. The minimum atomic E-state index is -3.56. The highest BCUT2D eigenvalue weighted by Crippen LogP contribution is 2.21. The summed E-state index contributed by atoms with van der Waals surface area (Å²) in [5.74, 6) is -0.549. The Morgan fingerprint density at radius 3 is 2.19 bits per heavy atom. The van der Waals surface area contributed by atoms with Gasteiger partial charge in [-0.1, -0.05) is 25.0 Å². The molecule has 0 saturated carbocycles. The van der Waals surface area contributed by atoms with Crippen LogP contribution in [0.25, 0.3) is 0 Å². The van der Waals surface area contributed by atoms with Crippen molar-refractivity contribution in [1.82, 2.24) is 10.2 Å². The summed E-state index contributed by atoms with van der Waals surface area (Å²) in [5.41, 5.74) is 1.60. The van der Waals surface area contributed by atoms with E-state index in [4.69, 9.17) is 0 Å². The number of benzene rings is 2. The molecule has 0 aliphatic carbocycles. The largest absolute Gasteiger partial charge is 0.351 e. The second-order valence-corrected chi connectivity index (χ2v) is 9.86. The fraction of sp³-hybridized carbons (Fsp3) is 0.435. The minimum Gasteiger partial charge on any atom is -0.351 e. The van der Waals surface area contributed by atoms with E-state index in [1.807, 2.05) is 0 Å². The first-order chi connectivity index (χ1) is 14.8. The lowest BCUT2D eigenvalue weighted by Gasteiger charge is -2.23. The fourth-order valence-corrected chi connectivity index (χ4v) is 4.61. The van der Waals surface area contributed by atoms with Crippen molar-refractivity contribution < 1.29 is 17.6 Å². The van der Waals surface area contributed by atoms with E-state index in [9.17, 15) is 17.6 Å². The van der Waals surface area contributed by atoms with Crippen LogP contribution < -0.4 is 9.62 Å². The van der Waals surface area contributed by atoms with Gasteiger partial charge in [-0.05, 0) is 67.9 Å². The molecular weight excluding hydrogens is 417 g/mol. The summed E-state index contributed by atoms with van der Waals surface area (Å²) in [6.07, 6.45) is 6.11. The summed E-state index contributed by atoms with van der Waals surface area (Å²) in [6, 6.07) is 12.2. The van der Waals surface area contributed by atoms with Crippen molar-refractivity contribution in [3.8, 4) is 0 Å². The molecule has 2 aromatic carbocycles. The Kier molecular flexibility index (Phi) is 8.03. The Bertz CT molecular complexity index is 955. The molecule has 6 nitrogen and oxygen atoms in total. The third kappa shape index (κ3) is 7.04. The number of halogens is 1. The fourth-order valence-electron chi connectivity index (χ4n) is 3.72. The summed E-state index contributed by atoms with van der Waals surface area (Å²) >= 11 is 0. The molecule has 1 N–H and O–H groups in total. The van der Waals surface area contributed by atoms with Gasteiger partial charge in [-0.15, -0.1) is 0 Å². The van der Waals surface area contributed by atoms with Gasteiger partial charge in [0.15, 0.2) is 0 Å². The van der Waals surface area contributed by atoms with Gasteiger partial charge >= 0.3 is 0 Å². The van der Waals surface area contributed by atoms with Crippen molar-refractivity contribution in [1.29, 1.82) is 0 Å². The van der Waals surface area contributed by atoms with Crippen LogP contribution >= 0.6 is 0 Å². The average Bonchev–Trinajstić information content (AvgIpc) is 3.01. The van der Waals surface area contributed by atoms with E-state index in [2.05, 4.69) is 10.2 Å². The van der Waals surface area contributed by atoms with Crippen molar-refractivity contribution in [3.05, 3.63) is 65.5 Å². The van der Waals surface area contributed by atoms with E-state index in [-0.39, 0.29) is 18.3 Å². The number of sulfonamides is 1. The lowest BCUT2D eigenvalue weighted by atomic mass is 10.1. The van der Waals surface area contributed by atoms with E-state index in [0.717, 1.165) is 25.9 Å². The molecule has 168 valence electrons. The van der Waals surface area contributed by atoms with E-state index in [1.165, 1.54) is 42.1 Å². The van der Waals surface area contributed by atoms with Gasteiger partial charge in [0.2, 0.25) is 10.0 Å². The lowest BCUT2D eigenvalue weighted by Crippen LogP contribution is -2.35. The van der Waals surface area contributed by atoms with E-state index in [0.29, 0.717) is 23.4 Å². The molecule has 1 heterocycles. The molecule has 1 fully saturated rings. The van der Waals surface area contributed by atoms with E-state index in [1.54, 1.807) is 36.4 Å². The number of anilines is 1. The van der Waals surface area contributed by atoms with Crippen LogP contribution in [0.15, 0.2) is 48.5 Å². The first-order valence-corrected chi connectivity index (χ1v) is 12.5. The van der Waals surface area contributed by atoms with Gasteiger partial charge in [-0.2, -0.15) is 0 Å². The van der Waals surface area contributed by atoms with Crippen molar-refractivity contribution in [2.45, 2.75) is 32.2 Å². The number of nitrogens with one attached hydrogen (secondary N) is 1. The average molecular weight is 448 g/mol. The molecule has 8 heteroatoms. The lowest BCUT2D eigenvalue weighted by molar-refractivity contribution is 0.0948. The predicted molar refractivity (Wildman–Crippen MR) is 121 cm³/mol. The molecule has 1 aliphatic rings. The zero-order chi connectivity index (χ0) is 22.3. The first-order valence-electron chi connectivity index (χ1n) is 10.7. The molecule has 0 bridgehead atoms. The van der Waals surface area contributed by atoms with Gasteiger partial charge in [-0.3, -0.25) is 9.10 Å². The molecule has 1 aliphatic heterocycles. The Morgan fingerprint density at radius 2 is 1.61 bits per heavy atom. The predicted octanol–water partition coefficient (Wildman–Crippen LogP) is 3.40. The van der Waals surface area contributed by atoms with Crippen molar-refractivity contribution in [2.75, 3.05) is 36.7 Å². The van der Waals surface area contributed by atoms with Crippen LogP contribution in [0.5, 0.6) is 0 Å². The van der Waals surface area contributed by atoms with Crippen molar-refractivity contribution in [2.24, 2.45) is 0 Å². The molecule has 31 heavy (non-hydrogen) atoms. The maximum Gasteiger partial charge on any atom is 0.251 e. The number of carbonyl (C=O) groups excluding carboxylic acids is 1. The highest BCUT2D eigenvalue weighted by molar-refractivity contribution is 7.92. The first kappa shape index (κ1) is 23.2. The number of likely N-dealkylation sites (tertiary alicyclic amines) is 1. The highest BCUT2D eigenvalue weighted by Gasteiger charge is 2.18. The van der Waals surface area contributed by atoms with Crippen LogP contribution in [-0.2, 0) is 16.6 Å². The molecule has 0 unspecified atom stereocenters. The van der Waals surface area contributed by atoms with Crippen LogP contribution in [0.4, 0.5) is 10.1 Å². The van der Waals surface area contributed by atoms with Crippen LogP contribution in [0, 0.1) is 5.82 Å². The molecule has 3 rings (SSSR count). The van der Waals surface area contributed by atoms with Crippen LogP contribution in [0.2, 0.25) is 0 Å². The number of carbonyl (C=O) groups is 1. The monoisotopic (exact) mass is 447 g/mol. The Hall–Kier alpha value is -2.45. The maximum atomic E-state index is 13.1. The standard InChI is InChI=1S/C23H30FN3O3S/c1-31(29,30)27(18-19-6-10-21(24)11-7-19)22-12-8-20(9-13-22)23(28)25-14-17-26-15-4-2-3-5-16-26/h6-13H,2-5,14-18H2,1H3,(H,25,28). The summed E-state index contributed by atoms with van der Waals surface area (Å²) in [4.78, 5) is 14.8. The molecule has 0 aromatic heterocycles. The summed E-state index contributed by atoms with van der Waals surface area (Å²) in [6.45, 7) is 3.67. The molecular formula is C23H30FN3O3S. The zero-order valence-corrected chi connectivity index (χ0v) is 18.7. The number of nitrogens with zero attached hydrogens (tertiary/aromatic N) is 2. The summed E-state index contributed by atoms with van der Waals surface area (Å²) in [7, 11) is -3.56. The number of hydrogen-bond acceptors (Lipinski definition) is 4. The molecule has 0 spiro atoms. The summed E-state index contributed by atoms with van der Waals surface area (Å²) < 4.78 is 39.0. The number of amides is 1. The Labute approximate surface area is 184 Å². The van der Waals surface area contributed by atoms with Crippen molar-refractivity contribution >= 4 is 21.6 Å². The summed E-state index contributed by atoms with van der Waals surface area (Å²) in [5, 5.41) is 2.94. The third-order valence-corrected chi connectivity index (χ3v) is 6.61. The van der Waals surface area contributed by atoms with Gasteiger partial charge in [0, 0.05) is 18.7 Å². The molecule has 1 saturated heterocycles. The zero-order valence-electron chi connectivity index (χ0n) is 17.9. The Balaban J connectivity index is 1.60. The molecule has 1 amide bonds. The minimum absolute atomic E-state index is 0.0838. The molecule has 0 atom stereocenters. The normalized spacial score (nSPS) is 15.3. The van der Waals surface area contributed by atoms with Crippen LogP contribution in [0.3, 0.4) is 0 Å². The van der Waals surface area contributed by atoms with Crippen LogP contribution in [-0.4, -0.2) is 51.7 Å². The van der Waals surface area contributed by atoms with Crippen molar-refractivity contribution in [3.63, 3.8) is 0 Å². The molecule has 2 aromatic rings. The smallest absolute Gasteiger partial charge is 0.251 e. The topological polar surface area (TPSA) is 69.7 Å². The van der Waals surface area contributed by atoms with Gasteiger partial charge in [0.1, 0.15) is 5.82 Å². The quantitative estimate of drug-likeness (QED) is 0.673. The second-order valence-electron chi connectivity index (χ2n) is 7.95. The van der Waals surface area contributed by atoms with Gasteiger partial charge in [0.05, 0.1) is 18.5 Å². The van der Waals surface area contributed by atoms with Gasteiger partial charge in [-0.25, -0.2) is 12.8 Å². The third-order valence-electron chi connectivity index (χ3n) is 5.47. The molecule has 0 radical (unpaired) electrons. The number of hydrogen-bond donors (Lipinski definition) is 1.